The third-order valence-corrected chi connectivity index (χ3v) is 5.67. The molecule has 2 heterocycles. The van der Waals surface area contributed by atoms with Crippen LogP contribution in [0.15, 0.2) is 53.6 Å². The number of para-hydroxylation sites is 1. The van der Waals surface area contributed by atoms with E-state index in [1.807, 2.05) is 30.3 Å². The van der Waals surface area contributed by atoms with Gasteiger partial charge in [-0.15, -0.1) is 0 Å². The molecule has 0 saturated carbocycles. The van der Waals surface area contributed by atoms with E-state index in [1.54, 1.807) is 39.2 Å². The Labute approximate surface area is 174 Å². The molecule has 7 nitrogen and oxygen atoms in total. The van der Waals surface area contributed by atoms with E-state index in [1.165, 1.54) is 9.91 Å². The number of benzene rings is 2. The highest BCUT2D eigenvalue weighted by Gasteiger charge is 2.61. The molecule has 0 aliphatic carbocycles. The Morgan fingerprint density at radius 3 is 2.33 bits per heavy atom. The van der Waals surface area contributed by atoms with Gasteiger partial charge in [0.15, 0.2) is 5.54 Å². The molecule has 0 fully saturated rings. The number of carbonyl (C=O) groups excluding carboxylic acids is 3. The lowest BCUT2D eigenvalue weighted by Crippen LogP contribution is -2.52. The molecule has 3 amide bonds. The molecular weight excluding hydrogens is 382 g/mol. The zero-order valence-corrected chi connectivity index (χ0v) is 17.2. The molecular formula is C23H23N3O4. The fourth-order valence-corrected chi connectivity index (χ4v) is 4.13. The van der Waals surface area contributed by atoms with Crippen molar-refractivity contribution in [1.29, 1.82) is 0 Å². The van der Waals surface area contributed by atoms with Crippen molar-refractivity contribution in [1.82, 2.24) is 5.01 Å². The highest BCUT2D eigenvalue weighted by molar-refractivity contribution is 6.25. The van der Waals surface area contributed by atoms with Gasteiger partial charge < -0.3 is 4.74 Å². The number of fused-ring (bicyclic) bond motifs is 2. The number of methoxy groups -OCH3 is 1. The maximum atomic E-state index is 13.7. The molecule has 7 heteroatoms. The van der Waals surface area contributed by atoms with Crippen LogP contribution in [0, 0.1) is 0 Å². The van der Waals surface area contributed by atoms with Gasteiger partial charge in [-0.2, -0.15) is 5.10 Å². The summed E-state index contributed by atoms with van der Waals surface area (Å²) in [7, 11) is 1.59. The molecule has 2 aromatic carbocycles. The molecule has 0 unspecified atom stereocenters. The molecule has 2 aliphatic heterocycles. The minimum Gasteiger partial charge on any atom is -0.497 e. The molecule has 1 atom stereocenters. The Balaban J connectivity index is 1.86. The van der Waals surface area contributed by atoms with Crippen LogP contribution in [0.4, 0.5) is 5.69 Å². The predicted octanol–water partition coefficient (Wildman–Crippen LogP) is 3.22. The number of nitrogens with zero attached hydrogens (tertiary/aromatic N) is 3. The van der Waals surface area contributed by atoms with E-state index in [2.05, 4.69) is 5.10 Å². The van der Waals surface area contributed by atoms with Crippen LogP contribution in [0.3, 0.4) is 0 Å². The smallest absolute Gasteiger partial charge is 0.266 e. The number of amides is 3. The van der Waals surface area contributed by atoms with E-state index >= 15 is 0 Å². The van der Waals surface area contributed by atoms with Crippen LogP contribution >= 0.6 is 0 Å². The molecule has 154 valence electrons. The van der Waals surface area contributed by atoms with Crippen LogP contribution < -0.4 is 9.64 Å². The lowest BCUT2D eigenvalue weighted by molar-refractivity contribution is -0.145. The van der Waals surface area contributed by atoms with Crippen molar-refractivity contribution in [3.63, 3.8) is 0 Å². The summed E-state index contributed by atoms with van der Waals surface area (Å²) in [5.41, 5.74) is 1.23. The second-order valence-electron chi connectivity index (χ2n) is 7.28. The molecule has 0 aromatic heterocycles. The quantitative estimate of drug-likeness (QED) is 0.782. The molecule has 1 spiro atoms. The molecule has 2 aromatic rings. The number of hydrogen-bond donors (Lipinski definition) is 0. The van der Waals surface area contributed by atoms with Gasteiger partial charge in [-0.05, 0) is 35.9 Å². The van der Waals surface area contributed by atoms with Gasteiger partial charge in [0, 0.05) is 24.8 Å². The molecule has 0 N–H and O–H groups in total. The normalized spacial score (nSPS) is 19.8. The molecule has 4 rings (SSSR count). The highest BCUT2D eigenvalue weighted by atomic mass is 16.5. The van der Waals surface area contributed by atoms with E-state index in [4.69, 9.17) is 4.74 Å². The van der Waals surface area contributed by atoms with Crippen molar-refractivity contribution in [3.05, 3.63) is 59.7 Å². The lowest BCUT2D eigenvalue weighted by atomic mass is 9.85. The lowest BCUT2D eigenvalue weighted by Gasteiger charge is -2.31. The molecule has 0 saturated heterocycles. The van der Waals surface area contributed by atoms with Crippen LogP contribution in [0.5, 0.6) is 5.75 Å². The van der Waals surface area contributed by atoms with Gasteiger partial charge in [0.05, 0.1) is 18.5 Å². The Kier molecular flexibility index (Phi) is 4.89. The number of anilines is 1. The summed E-state index contributed by atoms with van der Waals surface area (Å²) in [6, 6.07) is 14.5. The van der Waals surface area contributed by atoms with Crippen molar-refractivity contribution in [3.8, 4) is 5.75 Å². The Morgan fingerprint density at radius 1 is 1.03 bits per heavy atom. The molecule has 30 heavy (non-hydrogen) atoms. The molecule has 2 aliphatic rings. The number of ether oxygens (including phenoxy) is 1. The first-order valence-electron chi connectivity index (χ1n) is 9.99. The summed E-state index contributed by atoms with van der Waals surface area (Å²) in [4.78, 5) is 40.5. The summed E-state index contributed by atoms with van der Waals surface area (Å²) in [6.07, 6.45) is 0.580. The molecule has 0 bridgehead atoms. The Bertz CT molecular complexity index is 1060. The van der Waals surface area contributed by atoms with Crippen LogP contribution in [-0.2, 0) is 19.9 Å². The van der Waals surface area contributed by atoms with Crippen LogP contribution in [0.25, 0.3) is 0 Å². The van der Waals surface area contributed by atoms with Gasteiger partial charge in [0.2, 0.25) is 11.8 Å². The Hall–Kier alpha value is -3.48. The standard InChI is InChI=1S/C23H23N3O4/c1-4-20(27)25-19-9-7-6-8-17(19)23(22(25)29)14-18(24-26(23)21(28)5-2)15-10-12-16(30-3)13-11-15/h6-13H,4-5,14H2,1-3H3/t23-/m1/s1. The van der Waals surface area contributed by atoms with Gasteiger partial charge in [-0.25, -0.2) is 9.91 Å². The summed E-state index contributed by atoms with van der Waals surface area (Å²) in [5.74, 6) is -0.293. The number of rotatable bonds is 4. The second-order valence-corrected chi connectivity index (χ2v) is 7.28. The van der Waals surface area contributed by atoms with E-state index in [-0.39, 0.29) is 31.1 Å². The SMILES string of the molecule is CCC(=O)N1C(=O)[C@@]2(CC(c3ccc(OC)cc3)=NN2C(=O)CC)c2ccccc21. The zero-order chi connectivity index (χ0) is 21.5. The fraction of sp³-hybridized carbons (Fsp3) is 0.304. The third-order valence-electron chi connectivity index (χ3n) is 5.67. The largest absolute Gasteiger partial charge is 0.497 e. The average molecular weight is 405 g/mol. The van der Waals surface area contributed by atoms with Crippen molar-refractivity contribution in [2.45, 2.75) is 38.6 Å². The van der Waals surface area contributed by atoms with Crippen LogP contribution in [0.2, 0.25) is 0 Å². The zero-order valence-electron chi connectivity index (χ0n) is 17.2. The summed E-state index contributed by atoms with van der Waals surface area (Å²) in [5, 5.41) is 5.88. The summed E-state index contributed by atoms with van der Waals surface area (Å²) < 4.78 is 5.22. The maximum Gasteiger partial charge on any atom is 0.266 e. The van der Waals surface area contributed by atoms with Gasteiger partial charge in [0.25, 0.3) is 5.91 Å². The first-order chi connectivity index (χ1) is 14.5. The van der Waals surface area contributed by atoms with Crippen LogP contribution in [-0.4, -0.2) is 35.6 Å². The van der Waals surface area contributed by atoms with Gasteiger partial charge in [-0.1, -0.05) is 32.0 Å². The first-order valence-corrected chi connectivity index (χ1v) is 9.99. The Morgan fingerprint density at radius 2 is 1.70 bits per heavy atom. The summed E-state index contributed by atoms with van der Waals surface area (Å²) in [6.45, 7) is 3.45. The number of imide groups is 1. The van der Waals surface area contributed by atoms with Crippen molar-refractivity contribution in [2.75, 3.05) is 12.0 Å². The van der Waals surface area contributed by atoms with E-state index in [0.717, 1.165) is 5.56 Å². The second kappa shape index (κ2) is 7.40. The topological polar surface area (TPSA) is 79.3 Å². The van der Waals surface area contributed by atoms with Crippen LogP contribution in [0.1, 0.15) is 44.2 Å². The van der Waals surface area contributed by atoms with E-state index in [0.29, 0.717) is 22.7 Å². The summed E-state index contributed by atoms with van der Waals surface area (Å²) >= 11 is 0. The van der Waals surface area contributed by atoms with E-state index < -0.39 is 11.4 Å². The van der Waals surface area contributed by atoms with E-state index in [9.17, 15) is 14.4 Å². The van der Waals surface area contributed by atoms with Crippen molar-refractivity contribution in [2.24, 2.45) is 5.10 Å². The van der Waals surface area contributed by atoms with Crippen molar-refractivity contribution < 1.29 is 19.1 Å². The van der Waals surface area contributed by atoms with Gasteiger partial charge in [-0.3, -0.25) is 14.4 Å². The maximum absolute atomic E-state index is 13.7. The average Bonchev–Trinajstić information content (AvgIpc) is 3.30. The predicted molar refractivity (Wildman–Crippen MR) is 112 cm³/mol. The number of carbonyl (C=O) groups is 3. The number of hydrogen-bond acceptors (Lipinski definition) is 5. The minimum atomic E-state index is -1.34. The van der Waals surface area contributed by atoms with Gasteiger partial charge in [0.1, 0.15) is 5.75 Å². The highest BCUT2D eigenvalue weighted by Crippen LogP contribution is 2.50. The molecule has 0 radical (unpaired) electrons. The number of hydrazone groups is 1. The first kappa shape index (κ1) is 19.8. The van der Waals surface area contributed by atoms with Crippen molar-refractivity contribution >= 4 is 29.1 Å². The minimum absolute atomic E-state index is 0.185. The fourth-order valence-electron chi connectivity index (χ4n) is 4.13. The van der Waals surface area contributed by atoms with Gasteiger partial charge >= 0.3 is 0 Å². The monoisotopic (exact) mass is 405 g/mol. The third kappa shape index (κ3) is 2.73.